The maximum Gasteiger partial charge on any atom is 0.152 e. The van der Waals surface area contributed by atoms with E-state index in [9.17, 15) is 0 Å². The van der Waals surface area contributed by atoms with E-state index < -0.39 is 0 Å². The van der Waals surface area contributed by atoms with E-state index >= 15 is 0 Å². The van der Waals surface area contributed by atoms with Gasteiger partial charge in [0.25, 0.3) is 0 Å². The van der Waals surface area contributed by atoms with Crippen molar-refractivity contribution in [2.45, 2.75) is 77.2 Å². The first-order valence-corrected chi connectivity index (χ1v) is 15.0. The molecule has 2 heterocycles. The Balaban J connectivity index is 0.00000484. The predicted molar refractivity (Wildman–Crippen MR) is 173 cm³/mol. The van der Waals surface area contributed by atoms with Crippen LogP contribution >= 0.6 is 12.4 Å². The molecule has 2 N–H and O–H groups in total. The summed E-state index contributed by atoms with van der Waals surface area (Å²) in [6, 6.07) is 16.6. The third-order valence-corrected chi connectivity index (χ3v) is 7.47. The largest absolute Gasteiger partial charge is 0.494 e. The minimum absolute atomic E-state index is 0. The molecule has 0 aliphatic rings. The summed E-state index contributed by atoms with van der Waals surface area (Å²) < 4.78 is 14.1. The molecule has 0 spiro atoms. The molecule has 0 radical (unpaired) electrons. The maximum atomic E-state index is 8.28. The van der Waals surface area contributed by atoms with Gasteiger partial charge in [-0.05, 0) is 55.5 Å². The number of imidazole rings is 1. The zero-order valence-electron chi connectivity index (χ0n) is 24.7. The Morgan fingerprint density at radius 3 is 2.36 bits per heavy atom. The molecule has 0 aliphatic carbocycles. The highest BCUT2D eigenvalue weighted by atomic mass is 35.5. The van der Waals surface area contributed by atoms with E-state index in [4.69, 9.17) is 20.7 Å². The minimum Gasteiger partial charge on any atom is -0.494 e. The number of rotatable bonds is 19. The van der Waals surface area contributed by atoms with E-state index in [0.29, 0.717) is 25.6 Å². The molecule has 2 aromatic carbocycles. The second-order valence-electron chi connectivity index (χ2n) is 10.5. The Kier molecular flexibility index (Phi) is 14.2. The van der Waals surface area contributed by atoms with Crippen LogP contribution in [0.5, 0.6) is 5.75 Å². The van der Waals surface area contributed by atoms with Crippen molar-refractivity contribution in [3.63, 3.8) is 0 Å². The zero-order chi connectivity index (χ0) is 28.7. The van der Waals surface area contributed by atoms with Crippen molar-refractivity contribution in [2.24, 2.45) is 5.11 Å². The van der Waals surface area contributed by atoms with Gasteiger partial charge in [-0.3, -0.25) is 0 Å². The van der Waals surface area contributed by atoms with Crippen LogP contribution in [0.3, 0.4) is 0 Å². The Morgan fingerprint density at radius 1 is 0.952 bits per heavy atom. The smallest absolute Gasteiger partial charge is 0.152 e. The van der Waals surface area contributed by atoms with E-state index in [1.54, 1.807) is 0 Å². The van der Waals surface area contributed by atoms with Crippen LogP contribution in [0.25, 0.3) is 32.4 Å². The first-order valence-electron chi connectivity index (χ1n) is 15.0. The number of para-hydroxylation sites is 1. The average molecular weight is 594 g/mol. The Hall–Kier alpha value is -3.52. The average Bonchev–Trinajstić information content (AvgIpc) is 3.45. The number of fused-ring (bicyclic) bond motifs is 3. The Morgan fingerprint density at radius 2 is 1.64 bits per heavy atom. The summed E-state index contributed by atoms with van der Waals surface area (Å²) in [5, 5.41) is 4.62. The highest BCUT2D eigenvalue weighted by molar-refractivity contribution is 6.06. The lowest BCUT2D eigenvalue weighted by Crippen LogP contribution is -2.18. The number of nitrogen functional groups attached to an aromatic ring is 1. The van der Waals surface area contributed by atoms with Crippen LogP contribution in [-0.4, -0.2) is 40.9 Å². The summed E-state index contributed by atoms with van der Waals surface area (Å²) in [6.07, 6.45) is 13.4. The predicted octanol–water partition coefficient (Wildman–Crippen LogP) is 8.61. The summed E-state index contributed by atoms with van der Waals surface area (Å²) >= 11 is 0. The highest BCUT2D eigenvalue weighted by Gasteiger charge is 2.19. The van der Waals surface area contributed by atoms with Gasteiger partial charge in [-0.25, -0.2) is 9.97 Å². The number of benzene rings is 2. The van der Waals surface area contributed by atoms with Gasteiger partial charge < -0.3 is 19.8 Å². The fraction of sp³-hybridized carbons (Fsp3) is 0.500. The molecule has 42 heavy (non-hydrogen) atoms. The lowest BCUT2D eigenvalue weighted by Gasteiger charge is -2.20. The number of nitrogens with two attached hydrogens (primary N) is 1. The second kappa shape index (κ2) is 18.1. The molecular formula is C32H44ClN7O2. The van der Waals surface area contributed by atoms with Crippen LogP contribution in [0.15, 0.2) is 60.0 Å². The molecule has 1 atom stereocenters. The molecule has 0 amide bonds. The van der Waals surface area contributed by atoms with Crippen molar-refractivity contribution in [3.05, 3.63) is 70.9 Å². The second-order valence-corrected chi connectivity index (χ2v) is 10.5. The van der Waals surface area contributed by atoms with Crippen LogP contribution < -0.4 is 10.5 Å². The Labute approximate surface area is 254 Å². The van der Waals surface area contributed by atoms with Crippen molar-refractivity contribution in [1.82, 2.24) is 14.5 Å². The van der Waals surface area contributed by atoms with Crippen LogP contribution in [0, 0.1) is 0 Å². The van der Waals surface area contributed by atoms with Gasteiger partial charge in [-0.15, -0.1) is 12.4 Å². The number of unbranched alkanes of at least 4 members (excludes halogenated alkanes) is 8. The monoisotopic (exact) mass is 593 g/mol. The summed E-state index contributed by atoms with van der Waals surface area (Å²) in [5.41, 5.74) is 18.4. The van der Waals surface area contributed by atoms with E-state index in [2.05, 4.69) is 54.9 Å². The number of ether oxygens (including phenoxy) is 2. The molecule has 226 valence electrons. The van der Waals surface area contributed by atoms with Gasteiger partial charge in [0.15, 0.2) is 5.82 Å². The molecule has 10 heteroatoms. The topological polar surface area (TPSA) is 124 Å². The number of hydrogen-bond acceptors (Lipinski definition) is 6. The molecule has 0 fully saturated rings. The molecule has 0 saturated carbocycles. The number of azide groups is 1. The first kappa shape index (κ1) is 33.0. The summed E-state index contributed by atoms with van der Waals surface area (Å²) in [6.45, 7) is 4.62. The number of anilines is 1. The molecule has 0 saturated heterocycles. The number of halogens is 1. The van der Waals surface area contributed by atoms with Crippen LogP contribution in [0.1, 0.15) is 76.3 Å². The lowest BCUT2D eigenvalue weighted by molar-refractivity contribution is 0.114. The van der Waals surface area contributed by atoms with Crippen molar-refractivity contribution in [3.8, 4) is 5.75 Å². The molecular weight excluding hydrogens is 550 g/mol. The summed E-state index contributed by atoms with van der Waals surface area (Å²) in [5.74, 6) is 1.36. The molecule has 4 aromatic rings. The van der Waals surface area contributed by atoms with Gasteiger partial charge in [-0.2, -0.15) is 0 Å². The van der Waals surface area contributed by atoms with Crippen LogP contribution in [0.2, 0.25) is 0 Å². The standard InChI is InChI=1S/C32H43N7O2.ClH/c1-2-40-23-26(39-24-35-30-31(39)28-14-10-11-15-29(28)37-32(30)33)22-25-16-18-27(19-17-25)41-21-13-9-7-5-3-4-6-8-12-20-36-38-34;/h10-11,14-19,24,26H,2-9,12-13,20-23H2,1H3,(H2,33,37);1H/t26-;/m0./s1. The highest BCUT2D eigenvalue weighted by Crippen LogP contribution is 2.30. The van der Waals surface area contributed by atoms with Crippen molar-refractivity contribution < 1.29 is 9.47 Å². The first-order chi connectivity index (χ1) is 20.2. The van der Waals surface area contributed by atoms with Crippen LogP contribution in [0.4, 0.5) is 5.82 Å². The van der Waals surface area contributed by atoms with E-state index in [1.165, 1.54) is 44.1 Å². The van der Waals surface area contributed by atoms with Crippen molar-refractivity contribution in [1.29, 1.82) is 0 Å². The third kappa shape index (κ3) is 9.51. The van der Waals surface area contributed by atoms with E-state index in [-0.39, 0.29) is 18.4 Å². The Bertz CT molecular complexity index is 1400. The fourth-order valence-electron chi connectivity index (χ4n) is 5.29. The lowest BCUT2D eigenvalue weighted by atomic mass is 10.1. The number of aromatic nitrogens is 3. The molecule has 4 rings (SSSR count). The molecule has 0 aliphatic heterocycles. The van der Waals surface area contributed by atoms with E-state index in [0.717, 1.165) is 60.0 Å². The van der Waals surface area contributed by atoms with Crippen LogP contribution in [-0.2, 0) is 11.2 Å². The molecule has 0 unspecified atom stereocenters. The summed E-state index contributed by atoms with van der Waals surface area (Å²) in [7, 11) is 0. The molecule has 0 bridgehead atoms. The molecule has 2 aromatic heterocycles. The quantitative estimate of drug-likeness (QED) is 0.0504. The van der Waals surface area contributed by atoms with Gasteiger partial charge in [0.05, 0.1) is 36.6 Å². The fourth-order valence-corrected chi connectivity index (χ4v) is 5.29. The van der Waals surface area contributed by atoms with Gasteiger partial charge in [0.1, 0.15) is 11.3 Å². The maximum absolute atomic E-state index is 8.28. The SMILES string of the molecule is CCOC[C@H](Cc1ccc(OCCCCCCCCCCCN=[N+]=[N-])cc1)n1cnc2c(N)nc3ccccc3c21.Cl. The van der Waals surface area contributed by atoms with Crippen molar-refractivity contribution >= 4 is 40.2 Å². The third-order valence-electron chi connectivity index (χ3n) is 7.47. The van der Waals surface area contributed by atoms with Gasteiger partial charge in [0, 0.05) is 23.4 Å². The summed E-state index contributed by atoms with van der Waals surface area (Å²) in [4.78, 5) is 12.0. The minimum atomic E-state index is 0. The van der Waals surface area contributed by atoms with E-state index in [1.807, 2.05) is 31.5 Å². The van der Waals surface area contributed by atoms with Crippen molar-refractivity contribution in [2.75, 3.05) is 32.1 Å². The van der Waals surface area contributed by atoms with Gasteiger partial charge in [-0.1, -0.05) is 80.4 Å². The number of pyridine rings is 1. The van der Waals surface area contributed by atoms with Gasteiger partial charge in [0.2, 0.25) is 0 Å². The zero-order valence-corrected chi connectivity index (χ0v) is 25.5. The number of hydrogen-bond donors (Lipinski definition) is 1. The molecule has 9 nitrogen and oxygen atoms in total. The normalized spacial score (nSPS) is 11.7. The number of nitrogens with zero attached hydrogens (tertiary/aromatic N) is 6. The van der Waals surface area contributed by atoms with Gasteiger partial charge >= 0.3 is 0 Å².